The highest BCUT2D eigenvalue weighted by atomic mass is 32.2. The molecule has 0 saturated carbocycles. The van der Waals surface area contributed by atoms with Crippen LogP contribution in [0.15, 0.2) is 29.8 Å². The van der Waals surface area contributed by atoms with Gasteiger partial charge in [0.15, 0.2) is 5.03 Å². The number of aromatic amines is 1. The third-order valence-electron chi connectivity index (χ3n) is 2.20. The zero-order valence-electron chi connectivity index (χ0n) is 9.24. The number of hydrogen-bond donors (Lipinski definition) is 3. The number of rotatable bonds is 5. The van der Waals surface area contributed by atoms with Crippen LogP contribution in [0, 0.1) is 0 Å². The summed E-state index contributed by atoms with van der Waals surface area (Å²) >= 11 is 0. The lowest BCUT2D eigenvalue weighted by Gasteiger charge is -2.05. The van der Waals surface area contributed by atoms with Crippen molar-refractivity contribution in [3.63, 3.8) is 0 Å². The molecule has 0 aliphatic carbocycles. The van der Waals surface area contributed by atoms with Crippen LogP contribution in [0.1, 0.15) is 11.3 Å². The van der Waals surface area contributed by atoms with Crippen LogP contribution in [0.25, 0.3) is 0 Å². The molecule has 0 aliphatic heterocycles. The van der Waals surface area contributed by atoms with Gasteiger partial charge in [-0.25, -0.2) is 23.1 Å². The van der Waals surface area contributed by atoms with Crippen LogP contribution >= 0.6 is 0 Å². The van der Waals surface area contributed by atoms with E-state index in [0.29, 0.717) is 5.69 Å². The van der Waals surface area contributed by atoms with Gasteiger partial charge < -0.3 is 5.11 Å². The summed E-state index contributed by atoms with van der Waals surface area (Å²) in [7, 11) is -3.75. The Labute approximate surface area is 103 Å². The summed E-state index contributed by atoms with van der Waals surface area (Å²) in [4.78, 5) is 7.62. The number of aromatic nitrogens is 4. The van der Waals surface area contributed by atoms with Crippen molar-refractivity contribution in [3.05, 3.63) is 36.0 Å². The van der Waals surface area contributed by atoms with Gasteiger partial charge in [-0.3, -0.25) is 5.10 Å². The molecule has 0 bridgehead atoms. The van der Waals surface area contributed by atoms with E-state index in [1.807, 2.05) is 0 Å². The Kier molecular flexibility index (Phi) is 3.65. The van der Waals surface area contributed by atoms with Crippen molar-refractivity contribution in [3.8, 4) is 0 Å². The minimum Gasteiger partial charge on any atom is -0.392 e. The fourth-order valence-corrected chi connectivity index (χ4v) is 2.43. The Balaban J connectivity index is 2.13. The van der Waals surface area contributed by atoms with Gasteiger partial charge in [-0.15, -0.1) is 0 Å². The number of aliphatic hydroxyl groups excluding tert-OH is 1. The summed E-state index contributed by atoms with van der Waals surface area (Å²) in [5.74, 6) is 0. The molecule has 18 heavy (non-hydrogen) atoms. The number of nitrogens with zero attached hydrogens (tertiary/aromatic N) is 3. The number of hydrogen-bond acceptors (Lipinski definition) is 6. The first-order valence-electron chi connectivity index (χ1n) is 5.01. The van der Waals surface area contributed by atoms with E-state index < -0.39 is 16.6 Å². The van der Waals surface area contributed by atoms with Crippen LogP contribution in [0.4, 0.5) is 0 Å². The largest absolute Gasteiger partial charge is 0.392 e. The van der Waals surface area contributed by atoms with Gasteiger partial charge in [-0.1, -0.05) is 0 Å². The minimum absolute atomic E-state index is 0.0365. The van der Waals surface area contributed by atoms with Crippen molar-refractivity contribution in [2.45, 2.75) is 18.2 Å². The Morgan fingerprint density at radius 3 is 2.94 bits per heavy atom. The molecule has 0 unspecified atom stereocenters. The smallest absolute Gasteiger partial charge is 0.258 e. The normalized spacial score (nSPS) is 11.6. The highest BCUT2D eigenvalue weighted by Gasteiger charge is 2.20. The van der Waals surface area contributed by atoms with Crippen molar-refractivity contribution in [2.75, 3.05) is 0 Å². The maximum absolute atomic E-state index is 11.9. The predicted octanol–water partition coefficient (Wildman–Crippen LogP) is -0.830. The van der Waals surface area contributed by atoms with Crippen molar-refractivity contribution >= 4 is 10.0 Å². The summed E-state index contributed by atoms with van der Waals surface area (Å²) in [5.41, 5.74) is 0.754. The van der Waals surface area contributed by atoms with Gasteiger partial charge in [-0.2, -0.15) is 5.10 Å². The van der Waals surface area contributed by atoms with Crippen LogP contribution in [0.5, 0.6) is 0 Å². The summed E-state index contributed by atoms with van der Waals surface area (Å²) in [5, 5.41) is 14.8. The molecule has 0 aromatic carbocycles. The van der Waals surface area contributed by atoms with Gasteiger partial charge in [0.2, 0.25) is 0 Å². The van der Waals surface area contributed by atoms with E-state index in [0.717, 1.165) is 0 Å². The molecule has 0 amide bonds. The van der Waals surface area contributed by atoms with Gasteiger partial charge in [0.1, 0.15) is 6.33 Å². The van der Waals surface area contributed by atoms with Gasteiger partial charge in [0.25, 0.3) is 10.0 Å². The van der Waals surface area contributed by atoms with E-state index in [1.54, 1.807) is 6.07 Å². The molecule has 0 radical (unpaired) electrons. The van der Waals surface area contributed by atoms with Crippen molar-refractivity contribution in [1.29, 1.82) is 0 Å². The fourth-order valence-electron chi connectivity index (χ4n) is 1.31. The van der Waals surface area contributed by atoms with E-state index in [4.69, 9.17) is 5.11 Å². The SMILES string of the molecule is O=S(=O)(NCc1ccncn1)c1[nH]ncc1CO. The van der Waals surface area contributed by atoms with E-state index in [9.17, 15) is 8.42 Å². The average molecular weight is 269 g/mol. The van der Waals surface area contributed by atoms with Crippen LogP contribution in [0.2, 0.25) is 0 Å². The van der Waals surface area contributed by atoms with Crippen molar-refractivity contribution in [1.82, 2.24) is 24.9 Å². The average Bonchev–Trinajstić information content (AvgIpc) is 2.87. The Morgan fingerprint density at radius 2 is 2.28 bits per heavy atom. The van der Waals surface area contributed by atoms with Gasteiger partial charge in [0, 0.05) is 11.8 Å². The molecule has 2 rings (SSSR count). The second kappa shape index (κ2) is 5.21. The lowest BCUT2D eigenvalue weighted by molar-refractivity contribution is 0.278. The third-order valence-corrected chi connectivity index (χ3v) is 3.62. The first-order valence-corrected chi connectivity index (χ1v) is 6.49. The van der Waals surface area contributed by atoms with Crippen LogP contribution < -0.4 is 4.72 Å². The Hall–Kier alpha value is -1.84. The molecule has 9 heteroatoms. The number of sulfonamides is 1. The molecule has 2 heterocycles. The molecule has 0 fully saturated rings. The molecular weight excluding hydrogens is 258 g/mol. The Morgan fingerprint density at radius 1 is 1.44 bits per heavy atom. The molecule has 2 aromatic heterocycles. The number of aliphatic hydroxyl groups is 1. The lowest BCUT2D eigenvalue weighted by atomic mass is 10.4. The fraction of sp³-hybridized carbons (Fsp3) is 0.222. The molecule has 96 valence electrons. The van der Waals surface area contributed by atoms with Crippen molar-refractivity contribution in [2.24, 2.45) is 0 Å². The van der Waals surface area contributed by atoms with Crippen LogP contribution in [-0.4, -0.2) is 33.7 Å². The van der Waals surface area contributed by atoms with E-state index in [-0.39, 0.29) is 17.1 Å². The highest BCUT2D eigenvalue weighted by molar-refractivity contribution is 7.89. The first-order chi connectivity index (χ1) is 8.63. The highest BCUT2D eigenvalue weighted by Crippen LogP contribution is 2.11. The van der Waals surface area contributed by atoms with Crippen LogP contribution in [0.3, 0.4) is 0 Å². The summed E-state index contributed by atoms with van der Waals surface area (Å²) in [6.45, 7) is -0.366. The quantitative estimate of drug-likeness (QED) is 0.651. The topological polar surface area (TPSA) is 121 Å². The molecule has 0 spiro atoms. The van der Waals surface area contributed by atoms with E-state index in [2.05, 4.69) is 24.9 Å². The Bertz CT molecular complexity index is 610. The van der Waals surface area contributed by atoms with E-state index in [1.165, 1.54) is 18.7 Å². The minimum atomic E-state index is -3.75. The van der Waals surface area contributed by atoms with Gasteiger partial charge in [-0.05, 0) is 6.07 Å². The number of nitrogens with one attached hydrogen (secondary N) is 2. The standard InChI is InChI=1S/C9H11N5O3S/c15-5-7-3-12-14-9(7)18(16,17)13-4-8-1-2-10-6-11-8/h1-3,6,13,15H,4-5H2,(H,12,14). The molecule has 0 atom stereocenters. The van der Waals surface area contributed by atoms with Gasteiger partial charge >= 0.3 is 0 Å². The summed E-state index contributed by atoms with van der Waals surface area (Å²) < 4.78 is 26.2. The molecule has 0 saturated heterocycles. The van der Waals surface area contributed by atoms with E-state index >= 15 is 0 Å². The van der Waals surface area contributed by atoms with Crippen LogP contribution in [-0.2, 0) is 23.2 Å². The molecular formula is C9H11N5O3S. The zero-order valence-corrected chi connectivity index (χ0v) is 10.1. The summed E-state index contributed by atoms with van der Waals surface area (Å²) in [6.07, 6.45) is 4.12. The molecule has 2 aromatic rings. The summed E-state index contributed by atoms with van der Waals surface area (Å²) in [6, 6.07) is 1.60. The third kappa shape index (κ3) is 2.70. The predicted molar refractivity (Wildman–Crippen MR) is 60.6 cm³/mol. The number of H-pyrrole nitrogens is 1. The first kappa shape index (κ1) is 12.6. The molecule has 3 N–H and O–H groups in total. The monoisotopic (exact) mass is 269 g/mol. The second-order valence-corrected chi connectivity index (χ2v) is 5.11. The second-order valence-electron chi connectivity index (χ2n) is 3.41. The maximum Gasteiger partial charge on any atom is 0.258 e. The van der Waals surface area contributed by atoms with Crippen molar-refractivity contribution < 1.29 is 13.5 Å². The maximum atomic E-state index is 11.9. The zero-order chi connectivity index (χ0) is 13.0. The van der Waals surface area contributed by atoms with Gasteiger partial charge in [0.05, 0.1) is 25.0 Å². The lowest BCUT2D eigenvalue weighted by Crippen LogP contribution is -2.25. The molecule has 0 aliphatic rings. The molecule has 8 nitrogen and oxygen atoms in total.